The number of rotatable bonds is 6. The summed E-state index contributed by atoms with van der Waals surface area (Å²) in [5.41, 5.74) is 0.222. The zero-order chi connectivity index (χ0) is 14.6. The van der Waals surface area contributed by atoms with E-state index in [0.29, 0.717) is 5.56 Å². The van der Waals surface area contributed by atoms with Crippen LogP contribution >= 0.6 is 0 Å². The number of anilines is 1. The second kappa shape index (κ2) is 5.65. The molecule has 9 heteroatoms. The molecule has 0 saturated heterocycles. The summed E-state index contributed by atoms with van der Waals surface area (Å²) in [4.78, 5) is 20.4. The molecule has 0 aliphatic rings. The molecule has 1 rings (SSSR count). The highest BCUT2D eigenvalue weighted by atomic mass is 32.2. The number of nitrogens with zero attached hydrogens (tertiary/aromatic N) is 1. The summed E-state index contributed by atoms with van der Waals surface area (Å²) in [5.74, 6) is -1.83. The van der Waals surface area contributed by atoms with E-state index in [1.807, 2.05) is 0 Å². The molecular formula is C10H12N2O6S. The van der Waals surface area contributed by atoms with Crippen LogP contribution in [0.3, 0.4) is 0 Å². The van der Waals surface area contributed by atoms with Crippen molar-refractivity contribution in [3.63, 3.8) is 0 Å². The number of carbonyl (C=O) groups is 1. The Bertz CT molecular complexity index is 610. The van der Waals surface area contributed by atoms with E-state index in [1.165, 1.54) is 19.1 Å². The van der Waals surface area contributed by atoms with Gasteiger partial charge in [0.05, 0.1) is 22.8 Å². The van der Waals surface area contributed by atoms with Crippen molar-refractivity contribution in [1.82, 2.24) is 0 Å². The third kappa shape index (κ3) is 4.54. The number of hydrogen-bond acceptors (Lipinski definition) is 5. The number of carboxylic acid groups (broad SMARTS) is 1. The molecule has 0 aromatic heterocycles. The van der Waals surface area contributed by atoms with Gasteiger partial charge in [-0.2, -0.15) is 0 Å². The fourth-order valence-corrected chi connectivity index (χ4v) is 2.35. The number of benzene rings is 1. The molecule has 2 N–H and O–H groups in total. The molecule has 19 heavy (non-hydrogen) atoms. The molecule has 0 amide bonds. The van der Waals surface area contributed by atoms with Gasteiger partial charge in [-0.3, -0.25) is 19.6 Å². The van der Waals surface area contributed by atoms with Crippen LogP contribution in [-0.2, 0) is 14.8 Å². The zero-order valence-corrected chi connectivity index (χ0v) is 10.8. The monoisotopic (exact) mass is 288 g/mol. The van der Waals surface area contributed by atoms with E-state index in [4.69, 9.17) is 5.11 Å². The third-order valence-electron chi connectivity index (χ3n) is 2.26. The van der Waals surface area contributed by atoms with E-state index in [2.05, 4.69) is 4.72 Å². The predicted molar refractivity (Wildman–Crippen MR) is 67.5 cm³/mol. The van der Waals surface area contributed by atoms with E-state index < -0.39 is 33.1 Å². The van der Waals surface area contributed by atoms with Crippen molar-refractivity contribution in [2.24, 2.45) is 0 Å². The van der Waals surface area contributed by atoms with Gasteiger partial charge in [-0.1, -0.05) is 6.07 Å². The van der Waals surface area contributed by atoms with E-state index in [1.54, 1.807) is 0 Å². The van der Waals surface area contributed by atoms with E-state index in [0.717, 1.165) is 6.07 Å². The van der Waals surface area contributed by atoms with Crippen LogP contribution in [0, 0.1) is 17.0 Å². The maximum absolute atomic E-state index is 11.5. The standard InChI is InChI=1S/C10H12N2O6S/c1-7-2-3-8(6-9(7)12(15)16)11-19(17,18)5-4-10(13)14/h2-3,6,11H,4-5H2,1H3,(H,13,14). The van der Waals surface area contributed by atoms with Gasteiger partial charge in [-0.25, -0.2) is 8.42 Å². The van der Waals surface area contributed by atoms with Crippen LogP contribution in [0.4, 0.5) is 11.4 Å². The van der Waals surface area contributed by atoms with Crippen LogP contribution in [-0.4, -0.2) is 30.2 Å². The zero-order valence-electron chi connectivity index (χ0n) is 9.99. The molecule has 8 nitrogen and oxygen atoms in total. The summed E-state index contributed by atoms with van der Waals surface area (Å²) < 4.78 is 25.2. The first kappa shape index (κ1) is 14.9. The molecule has 0 atom stereocenters. The average molecular weight is 288 g/mol. The van der Waals surface area contributed by atoms with Gasteiger partial charge in [0, 0.05) is 11.6 Å². The molecular weight excluding hydrogens is 276 g/mol. The molecule has 0 heterocycles. The number of sulfonamides is 1. The summed E-state index contributed by atoms with van der Waals surface area (Å²) in [5, 5.41) is 19.1. The third-order valence-corrected chi connectivity index (χ3v) is 3.55. The normalized spacial score (nSPS) is 11.0. The summed E-state index contributed by atoms with van der Waals surface area (Å²) >= 11 is 0. The van der Waals surface area contributed by atoms with Crippen LogP contribution < -0.4 is 4.72 Å². The lowest BCUT2D eigenvalue weighted by atomic mass is 10.2. The van der Waals surface area contributed by atoms with Crippen LogP contribution in [0.5, 0.6) is 0 Å². The van der Waals surface area contributed by atoms with Gasteiger partial charge in [0.1, 0.15) is 0 Å². The van der Waals surface area contributed by atoms with Crippen molar-refractivity contribution in [3.8, 4) is 0 Å². The van der Waals surface area contributed by atoms with Gasteiger partial charge in [-0.15, -0.1) is 0 Å². The first-order valence-corrected chi connectivity index (χ1v) is 6.84. The second-order valence-electron chi connectivity index (χ2n) is 3.82. The fraction of sp³-hybridized carbons (Fsp3) is 0.300. The highest BCUT2D eigenvalue weighted by Crippen LogP contribution is 2.23. The second-order valence-corrected chi connectivity index (χ2v) is 5.66. The molecule has 0 bridgehead atoms. The number of aryl methyl sites for hydroxylation is 1. The largest absolute Gasteiger partial charge is 0.481 e. The van der Waals surface area contributed by atoms with Crippen molar-refractivity contribution < 1.29 is 23.2 Å². The van der Waals surface area contributed by atoms with Crippen LogP contribution in [0.1, 0.15) is 12.0 Å². The average Bonchev–Trinajstić information content (AvgIpc) is 2.28. The molecule has 1 aromatic rings. The smallest absolute Gasteiger partial charge is 0.304 e. The maximum atomic E-state index is 11.5. The molecule has 0 aliphatic carbocycles. The van der Waals surface area contributed by atoms with Gasteiger partial charge in [-0.05, 0) is 13.0 Å². The molecule has 0 radical (unpaired) electrons. The molecule has 0 saturated carbocycles. The van der Waals surface area contributed by atoms with Gasteiger partial charge in [0.25, 0.3) is 5.69 Å². The molecule has 0 unspecified atom stereocenters. The molecule has 0 spiro atoms. The number of hydrogen-bond donors (Lipinski definition) is 2. The highest BCUT2D eigenvalue weighted by Gasteiger charge is 2.16. The molecule has 0 aliphatic heterocycles. The van der Waals surface area contributed by atoms with Crippen molar-refractivity contribution >= 4 is 27.4 Å². The van der Waals surface area contributed by atoms with Gasteiger partial charge in [0.15, 0.2) is 0 Å². The Labute approximate surface area is 109 Å². The summed E-state index contributed by atoms with van der Waals surface area (Å²) in [6.07, 6.45) is -0.538. The van der Waals surface area contributed by atoms with Crippen molar-refractivity contribution in [3.05, 3.63) is 33.9 Å². The minimum atomic E-state index is -3.84. The lowest BCUT2D eigenvalue weighted by Gasteiger charge is -2.07. The SMILES string of the molecule is Cc1ccc(NS(=O)(=O)CCC(=O)O)cc1[N+](=O)[O-]. The van der Waals surface area contributed by atoms with Crippen LogP contribution in [0.15, 0.2) is 18.2 Å². The van der Waals surface area contributed by atoms with Crippen molar-refractivity contribution in [1.29, 1.82) is 0 Å². The Hall–Kier alpha value is -2.16. The molecule has 104 valence electrons. The number of nitro benzene ring substituents is 1. The Morgan fingerprint density at radius 1 is 1.47 bits per heavy atom. The fourth-order valence-electron chi connectivity index (χ4n) is 1.32. The Kier molecular flexibility index (Phi) is 4.43. The summed E-state index contributed by atoms with van der Waals surface area (Å²) in [6.45, 7) is 1.53. The van der Waals surface area contributed by atoms with Crippen LogP contribution in [0.2, 0.25) is 0 Å². The number of aliphatic carboxylic acids is 1. The van der Waals surface area contributed by atoms with E-state index in [9.17, 15) is 23.3 Å². The van der Waals surface area contributed by atoms with E-state index in [-0.39, 0.29) is 11.4 Å². The Morgan fingerprint density at radius 3 is 2.63 bits per heavy atom. The Balaban J connectivity index is 2.91. The van der Waals surface area contributed by atoms with Gasteiger partial charge < -0.3 is 5.11 Å². The van der Waals surface area contributed by atoms with Gasteiger partial charge >= 0.3 is 5.97 Å². The number of carboxylic acids is 1. The quantitative estimate of drug-likeness (QED) is 0.596. The lowest BCUT2D eigenvalue weighted by Crippen LogP contribution is -2.19. The van der Waals surface area contributed by atoms with Crippen LogP contribution in [0.25, 0.3) is 0 Å². The number of nitrogens with one attached hydrogen (secondary N) is 1. The van der Waals surface area contributed by atoms with Crippen molar-refractivity contribution in [2.75, 3.05) is 10.5 Å². The molecule has 1 aromatic carbocycles. The lowest BCUT2D eigenvalue weighted by molar-refractivity contribution is -0.385. The topological polar surface area (TPSA) is 127 Å². The first-order valence-electron chi connectivity index (χ1n) is 5.18. The minimum Gasteiger partial charge on any atom is -0.481 e. The maximum Gasteiger partial charge on any atom is 0.304 e. The highest BCUT2D eigenvalue weighted by molar-refractivity contribution is 7.92. The molecule has 0 fully saturated rings. The number of nitro groups is 1. The van der Waals surface area contributed by atoms with Gasteiger partial charge in [0.2, 0.25) is 10.0 Å². The summed E-state index contributed by atoms with van der Waals surface area (Å²) in [6, 6.07) is 3.88. The van der Waals surface area contributed by atoms with E-state index >= 15 is 0 Å². The first-order chi connectivity index (χ1) is 8.71. The van der Waals surface area contributed by atoms with Crippen molar-refractivity contribution in [2.45, 2.75) is 13.3 Å². The minimum absolute atomic E-state index is 0.0303. The Morgan fingerprint density at radius 2 is 2.11 bits per heavy atom. The summed E-state index contributed by atoms with van der Waals surface area (Å²) in [7, 11) is -3.84. The predicted octanol–water partition coefficient (Wildman–Crippen LogP) is 1.12.